The summed E-state index contributed by atoms with van der Waals surface area (Å²) in [5.41, 5.74) is 1.23. The highest BCUT2D eigenvalue weighted by atomic mass is 79.9. The summed E-state index contributed by atoms with van der Waals surface area (Å²) in [5.74, 6) is 0.373. The van der Waals surface area contributed by atoms with Crippen molar-refractivity contribution in [1.82, 2.24) is 0 Å². The van der Waals surface area contributed by atoms with Crippen LogP contribution in [0.5, 0.6) is 5.75 Å². The Bertz CT molecular complexity index is 403. The second-order valence-corrected chi connectivity index (χ2v) is 7.62. The fraction of sp³-hybridized carbons (Fsp3) is 0.714. The summed E-state index contributed by atoms with van der Waals surface area (Å²) in [5, 5.41) is 9.52. The third-order valence-corrected chi connectivity index (χ3v) is 5.35. The van der Waals surface area contributed by atoms with E-state index in [9.17, 15) is 5.11 Å². The first kappa shape index (κ1) is 20.5. The summed E-state index contributed by atoms with van der Waals surface area (Å²) < 4.78 is 1.12. The van der Waals surface area contributed by atoms with E-state index < -0.39 is 0 Å². The maximum atomic E-state index is 9.52. The van der Waals surface area contributed by atoms with Gasteiger partial charge in [0.1, 0.15) is 5.75 Å². The van der Waals surface area contributed by atoms with Gasteiger partial charge in [0.15, 0.2) is 0 Å². The van der Waals surface area contributed by atoms with Gasteiger partial charge in [0, 0.05) is 4.47 Å². The summed E-state index contributed by atoms with van der Waals surface area (Å²) in [4.78, 5) is 0. The molecule has 1 rings (SSSR count). The highest BCUT2D eigenvalue weighted by molar-refractivity contribution is 9.10. The normalized spacial score (nSPS) is 11.0. The molecule has 0 aliphatic heterocycles. The minimum Gasteiger partial charge on any atom is -0.508 e. The predicted molar refractivity (Wildman–Crippen MR) is 105 cm³/mol. The zero-order valence-corrected chi connectivity index (χ0v) is 16.5. The molecule has 0 fully saturated rings. The van der Waals surface area contributed by atoms with E-state index in [1.54, 1.807) is 6.07 Å². The van der Waals surface area contributed by atoms with Crippen LogP contribution in [-0.2, 0) is 6.42 Å². The maximum Gasteiger partial charge on any atom is 0.115 e. The molecule has 1 aromatic rings. The zero-order valence-electron chi connectivity index (χ0n) is 15.0. The van der Waals surface area contributed by atoms with E-state index in [1.165, 1.54) is 89.0 Å². The van der Waals surface area contributed by atoms with Crippen molar-refractivity contribution in [1.29, 1.82) is 0 Å². The van der Waals surface area contributed by atoms with Crippen LogP contribution in [0.2, 0.25) is 0 Å². The average Bonchev–Trinajstić information content (AvgIpc) is 2.55. The van der Waals surface area contributed by atoms with E-state index in [-0.39, 0.29) is 0 Å². The lowest BCUT2D eigenvalue weighted by Crippen LogP contribution is -1.88. The van der Waals surface area contributed by atoms with Gasteiger partial charge < -0.3 is 5.11 Å². The Morgan fingerprint density at radius 2 is 1.22 bits per heavy atom. The number of phenols is 1. The third kappa shape index (κ3) is 10.8. The largest absolute Gasteiger partial charge is 0.508 e. The van der Waals surface area contributed by atoms with Crippen molar-refractivity contribution in [3.63, 3.8) is 0 Å². The first-order valence-electron chi connectivity index (χ1n) is 9.71. The molecular formula is C21H35BrO. The van der Waals surface area contributed by atoms with Crippen LogP contribution in [0.3, 0.4) is 0 Å². The summed E-state index contributed by atoms with van der Waals surface area (Å²) in [6, 6.07) is 5.55. The summed E-state index contributed by atoms with van der Waals surface area (Å²) >= 11 is 3.56. The lowest BCUT2D eigenvalue weighted by molar-refractivity contribution is 0.474. The molecule has 0 radical (unpaired) electrons. The SMILES string of the molecule is CCCCCCCCCCCCCCCc1cc(O)ccc1Br. The number of hydrogen-bond acceptors (Lipinski definition) is 1. The molecular weight excluding hydrogens is 348 g/mol. The van der Waals surface area contributed by atoms with Crippen molar-refractivity contribution in [3.05, 3.63) is 28.2 Å². The van der Waals surface area contributed by atoms with Crippen molar-refractivity contribution in [2.45, 2.75) is 96.8 Å². The molecule has 0 saturated heterocycles. The first-order chi connectivity index (χ1) is 11.2. The van der Waals surface area contributed by atoms with Crippen LogP contribution in [-0.4, -0.2) is 5.11 Å². The first-order valence-corrected chi connectivity index (χ1v) is 10.5. The van der Waals surface area contributed by atoms with Crippen LogP contribution in [0.1, 0.15) is 96.0 Å². The number of benzene rings is 1. The molecule has 0 unspecified atom stereocenters. The van der Waals surface area contributed by atoms with Gasteiger partial charge in [-0.15, -0.1) is 0 Å². The van der Waals surface area contributed by atoms with Crippen LogP contribution in [0.4, 0.5) is 0 Å². The molecule has 0 aliphatic carbocycles. The van der Waals surface area contributed by atoms with Crippen molar-refractivity contribution >= 4 is 15.9 Å². The number of phenolic OH excluding ortho intramolecular Hbond substituents is 1. The van der Waals surface area contributed by atoms with Crippen molar-refractivity contribution in [2.24, 2.45) is 0 Å². The molecule has 2 heteroatoms. The van der Waals surface area contributed by atoms with Gasteiger partial charge >= 0.3 is 0 Å². The minimum absolute atomic E-state index is 0.373. The minimum atomic E-state index is 0.373. The lowest BCUT2D eigenvalue weighted by atomic mass is 10.0. The van der Waals surface area contributed by atoms with E-state index in [1.807, 2.05) is 12.1 Å². The lowest BCUT2D eigenvalue weighted by Gasteiger charge is -2.06. The standard InChI is InChI=1S/C21H35BrO/c1-2-3-4-5-6-7-8-9-10-11-12-13-14-15-19-18-20(23)16-17-21(19)22/h16-18,23H,2-15H2,1H3. The number of unbranched alkanes of at least 4 members (excludes halogenated alkanes) is 12. The molecule has 1 aromatic carbocycles. The van der Waals surface area contributed by atoms with Gasteiger partial charge in [-0.2, -0.15) is 0 Å². The molecule has 0 bridgehead atoms. The second-order valence-electron chi connectivity index (χ2n) is 6.77. The molecule has 0 heterocycles. The molecule has 1 N–H and O–H groups in total. The topological polar surface area (TPSA) is 20.2 Å². The van der Waals surface area contributed by atoms with Gasteiger partial charge in [0.2, 0.25) is 0 Å². The van der Waals surface area contributed by atoms with E-state index in [4.69, 9.17) is 0 Å². The Hall–Kier alpha value is -0.500. The number of hydrogen-bond donors (Lipinski definition) is 1. The van der Waals surface area contributed by atoms with Gasteiger partial charge in [0.25, 0.3) is 0 Å². The number of halogens is 1. The Balaban J connectivity index is 1.87. The van der Waals surface area contributed by atoms with Crippen molar-refractivity contribution in [2.75, 3.05) is 0 Å². The van der Waals surface area contributed by atoms with Gasteiger partial charge in [-0.25, -0.2) is 0 Å². The number of rotatable bonds is 14. The fourth-order valence-corrected chi connectivity index (χ4v) is 3.53. The molecule has 0 saturated carbocycles. The highest BCUT2D eigenvalue weighted by Crippen LogP contribution is 2.23. The van der Waals surface area contributed by atoms with Crippen LogP contribution in [0, 0.1) is 0 Å². The van der Waals surface area contributed by atoms with Crippen LogP contribution < -0.4 is 0 Å². The Morgan fingerprint density at radius 3 is 1.74 bits per heavy atom. The fourth-order valence-electron chi connectivity index (χ4n) is 3.09. The molecule has 1 nitrogen and oxygen atoms in total. The second kappa shape index (κ2) is 13.9. The van der Waals surface area contributed by atoms with Crippen LogP contribution >= 0.6 is 15.9 Å². The highest BCUT2D eigenvalue weighted by Gasteiger charge is 2.01. The molecule has 0 spiro atoms. The summed E-state index contributed by atoms with van der Waals surface area (Å²) in [7, 11) is 0. The Kier molecular flexibility index (Phi) is 12.4. The molecule has 0 atom stereocenters. The monoisotopic (exact) mass is 382 g/mol. The summed E-state index contributed by atoms with van der Waals surface area (Å²) in [6.45, 7) is 2.28. The Labute approximate surface area is 152 Å². The van der Waals surface area contributed by atoms with E-state index in [0.29, 0.717) is 5.75 Å². The maximum absolute atomic E-state index is 9.52. The average molecular weight is 383 g/mol. The molecule has 0 aromatic heterocycles. The van der Waals surface area contributed by atoms with Crippen LogP contribution in [0.15, 0.2) is 22.7 Å². The Morgan fingerprint density at radius 1 is 0.739 bits per heavy atom. The smallest absolute Gasteiger partial charge is 0.115 e. The van der Waals surface area contributed by atoms with Gasteiger partial charge in [-0.05, 0) is 36.6 Å². The predicted octanol–water partition coefficient (Wildman–Crippen LogP) is 7.79. The number of aromatic hydroxyl groups is 1. The van der Waals surface area contributed by atoms with Crippen molar-refractivity contribution < 1.29 is 5.11 Å². The molecule has 23 heavy (non-hydrogen) atoms. The van der Waals surface area contributed by atoms with E-state index >= 15 is 0 Å². The van der Waals surface area contributed by atoms with Crippen molar-refractivity contribution in [3.8, 4) is 5.75 Å². The van der Waals surface area contributed by atoms with Gasteiger partial charge in [0.05, 0.1) is 0 Å². The quantitative estimate of drug-likeness (QED) is 0.325. The molecule has 132 valence electrons. The summed E-state index contributed by atoms with van der Waals surface area (Å²) in [6.07, 6.45) is 19.1. The molecule has 0 aliphatic rings. The van der Waals surface area contributed by atoms with Crippen LogP contribution in [0.25, 0.3) is 0 Å². The third-order valence-electron chi connectivity index (χ3n) is 4.58. The number of aryl methyl sites for hydroxylation is 1. The van der Waals surface area contributed by atoms with E-state index in [0.717, 1.165) is 10.9 Å². The zero-order chi connectivity index (χ0) is 16.8. The molecule has 0 amide bonds. The van der Waals surface area contributed by atoms with Gasteiger partial charge in [-0.3, -0.25) is 0 Å². The van der Waals surface area contributed by atoms with Gasteiger partial charge in [-0.1, -0.05) is 99.9 Å². The van der Waals surface area contributed by atoms with E-state index in [2.05, 4.69) is 22.9 Å².